The molecule has 2 aromatic heterocycles. The standard InChI is InChI=1S/C15H11ClN2O2S/c1-8-12(13-14(21-8)15(16)18-7-17-13)9-2-3-10-11(6-9)20-5-4-19-10/h2-3,6-7H,4-5H2,1H3. The maximum Gasteiger partial charge on any atom is 0.161 e. The number of hydrogen-bond acceptors (Lipinski definition) is 5. The molecule has 0 N–H and O–H groups in total. The molecule has 1 aliphatic rings. The second-order valence-corrected chi connectivity index (χ2v) is 6.32. The van der Waals surface area contributed by atoms with Gasteiger partial charge in [0.05, 0.1) is 10.2 Å². The molecule has 0 bridgehead atoms. The number of thiophene rings is 1. The van der Waals surface area contributed by atoms with Gasteiger partial charge in [-0.25, -0.2) is 9.97 Å². The smallest absolute Gasteiger partial charge is 0.161 e. The number of hydrogen-bond donors (Lipinski definition) is 0. The van der Waals surface area contributed by atoms with Gasteiger partial charge in [0.1, 0.15) is 24.7 Å². The predicted octanol–water partition coefficient (Wildman–Crippen LogP) is 4.09. The first-order valence-corrected chi connectivity index (χ1v) is 7.73. The predicted molar refractivity (Wildman–Crippen MR) is 83.6 cm³/mol. The SMILES string of the molecule is Cc1sc2c(Cl)ncnc2c1-c1ccc2c(c1)OCCO2. The van der Waals surface area contributed by atoms with Crippen molar-refractivity contribution in [3.63, 3.8) is 0 Å². The monoisotopic (exact) mass is 318 g/mol. The van der Waals surface area contributed by atoms with Crippen LogP contribution in [0.1, 0.15) is 4.88 Å². The molecule has 3 heterocycles. The fourth-order valence-electron chi connectivity index (χ4n) is 2.53. The summed E-state index contributed by atoms with van der Waals surface area (Å²) < 4.78 is 12.1. The lowest BCUT2D eigenvalue weighted by Gasteiger charge is -2.18. The molecule has 0 saturated carbocycles. The molecule has 0 aliphatic carbocycles. The van der Waals surface area contributed by atoms with Crippen LogP contribution in [0.2, 0.25) is 5.15 Å². The molecule has 4 rings (SSSR count). The van der Waals surface area contributed by atoms with Crippen LogP contribution in [-0.2, 0) is 0 Å². The molecule has 21 heavy (non-hydrogen) atoms. The minimum Gasteiger partial charge on any atom is -0.486 e. The molecule has 6 heteroatoms. The van der Waals surface area contributed by atoms with E-state index >= 15 is 0 Å². The van der Waals surface area contributed by atoms with E-state index < -0.39 is 0 Å². The summed E-state index contributed by atoms with van der Waals surface area (Å²) >= 11 is 7.77. The maximum atomic E-state index is 6.16. The van der Waals surface area contributed by atoms with Gasteiger partial charge in [0.15, 0.2) is 11.5 Å². The summed E-state index contributed by atoms with van der Waals surface area (Å²) in [5.41, 5.74) is 3.02. The fourth-order valence-corrected chi connectivity index (χ4v) is 3.79. The van der Waals surface area contributed by atoms with Crippen molar-refractivity contribution in [2.75, 3.05) is 13.2 Å². The first-order valence-electron chi connectivity index (χ1n) is 6.53. The van der Waals surface area contributed by atoms with Crippen molar-refractivity contribution in [1.29, 1.82) is 0 Å². The molecule has 0 radical (unpaired) electrons. The third-order valence-corrected chi connectivity index (χ3v) is 4.93. The summed E-state index contributed by atoms with van der Waals surface area (Å²) in [7, 11) is 0. The van der Waals surface area contributed by atoms with Gasteiger partial charge in [-0.15, -0.1) is 11.3 Å². The lowest BCUT2D eigenvalue weighted by Crippen LogP contribution is -2.15. The quantitative estimate of drug-likeness (QED) is 0.634. The van der Waals surface area contributed by atoms with E-state index in [1.807, 2.05) is 18.2 Å². The molecule has 0 spiro atoms. The van der Waals surface area contributed by atoms with E-state index in [2.05, 4.69) is 16.9 Å². The zero-order chi connectivity index (χ0) is 14.4. The molecule has 106 valence electrons. The largest absolute Gasteiger partial charge is 0.486 e. The second-order valence-electron chi connectivity index (χ2n) is 4.73. The van der Waals surface area contributed by atoms with Gasteiger partial charge in [0.25, 0.3) is 0 Å². The molecule has 4 nitrogen and oxygen atoms in total. The summed E-state index contributed by atoms with van der Waals surface area (Å²) in [6.45, 7) is 3.23. The fraction of sp³-hybridized carbons (Fsp3) is 0.200. The second kappa shape index (κ2) is 4.86. The van der Waals surface area contributed by atoms with Gasteiger partial charge in [-0.05, 0) is 24.6 Å². The van der Waals surface area contributed by atoms with Gasteiger partial charge in [-0.2, -0.15) is 0 Å². The van der Waals surface area contributed by atoms with E-state index in [-0.39, 0.29) is 0 Å². The molecule has 0 atom stereocenters. The molecule has 1 aromatic carbocycles. The highest BCUT2D eigenvalue weighted by Gasteiger charge is 2.18. The van der Waals surface area contributed by atoms with Gasteiger partial charge in [-0.1, -0.05) is 17.7 Å². The molecule has 0 amide bonds. The van der Waals surface area contributed by atoms with Crippen molar-refractivity contribution in [2.45, 2.75) is 6.92 Å². The minimum absolute atomic E-state index is 0.497. The van der Waals surface area contributed by atoms with Crippen LogP contribution in [0.25, 0.3) is 21.3 Å². The average molecular weight is 319 g/mol. The Morgan fingerprint density at radius 2 is 1.95 bits per heavy atom. The summed E-state index contributed by atoms with van der Waals surface area (Å²) in [6, 6.07) is 5.96. The topological polar surface area (TPSA) is 44.2 Å². The number of fused-ring (bicyclic) bond motifs is 2. The molecule has 0 saturated heterocycles. The zero-order valence-electron chi connectivity index (χ0n) is 11.2. The molecule has 3 aromatic rings. The number of nitrogens with zero attached hydrogens (tertiary/aromatic N) is 2. The zero-order valence-corrected chi connectivity index (χ0v) is 12.8. The Bertz CT molecular complexity index is 847. The Morgan fingerprint density at radius 3 is 2.81 bits per heavy atom. The van der Waals surface area contributed by atoms with Crippen molar-refractivity contribution in [2.24, 2.45) is 0 Å². The number of aromatic nitrogens is 2. The van der Waals surface area contributed by atoms with Crippen LogP contribution in [0.4, 0.5) is 0 Å². The summed E-state index contributed by atoms with van der Waals surface area (Å²) in [4.78, 5) is 9.60. The van der Waals surface area contributed by atoms with Gasteiger partial charge in [-0.3, -0.25) is 0 Å². The van der Waals surface area contributed by atoms with Crippen LogP contribution in [-0.4, -0.2) is 23.2 Å². The lowest BCUT2D eigenvalue weighted by atomic mass is 10.0. The van der Waals surface area contributed by atoms with E-state index in [4.69, 9.17) is 21.1 Å². The molecule has 1 aliphatic heterocycles. The number of halogens is 1. The van der Waals surface area contributed by atoms with Gasteiger partial charge >= 0.3 is 0 Å². The maximum absolute atomic E-state index is 6.16. The van der Waals surface area contributed by atoms with E-state index in [0.29, 0.717) is 18.4 Å². The Morgan fingerprint density at radius 1 is 1.14 bits per heavy atom. The number of aryl methyl sites for hydroxylation is 1. The van der Waals surface area contributed by atoms with Crippen molar-refractivity contribution in [1.82, 2.24) is 9.97 Å². The summed E-state index contributed by atoms with van der Waals surface area (Å²) in [5, 5.41) is 0.497. The van der Waals surface area contributed by atoms with Crippen molar-refractivity contribution < 1.29 is 9.47 Å². The average Bonchev–Trinajstić information content (AvgIpc) is 2.84. The number of ether oxygens (including phenoxy) is 2. The molecular weight excluding hydrogens is 308 g/mol. The molecule has 0 fully saturated rings. The van der Waals surface area contributed by atoms with E-state index in [0.717, 1.165) is 37.7 Å². The van der Waals surface area contributed by atoms with Crippen LogP contribution >= 0.6 is 22.9 Å². The highest BCUT2D eigenvalue weighted by atomic mass is 35.5. The minimum atomic E-state index is 0.497. The third-order valence-electron chi connectivity index (χ3n) is 3.44. The van der Waals surface area contributed by atoms with E-state index in [1.54, 1.807) is 11.3 Å². The van der Waals surface area contributed by atoms with E-state index in [1.165, 1.54) is 6.33 Å². The van der Waals surface area contributed by atoms with Crippen LogP contribution in [0.5, 0.6) is 11.5 Å². The normalized spacial score (nSPS) is 13.6. The summed E-state index contributed by atoms with van der Waals surface area (Å²) in [6.07, 6.45) is 1.50. The highest BCUT2D eigenvalue weighted by Crippen LogP contribution is 2.42. The molecular formula is C15H11ClN2O2S. The third kappa shape index (κ3) is 2.04. The van der Waals surface area contributed by atoms with Crippen LogP contribution in [0.3, 0.4) is 0 Å². The van der Waals surface area contributed by atoms with Gasteiger partial charge in [0, 0.05) is 10.4 Å². The summed E-state index contributed by atoms with van der Waals surface area (Å²) in [5.74, 6) is 1.56. The highest BCUT2D eigenvalue weighted by molar-refractivity contribution is 7.20. The molecule has 0 unspecified atom stereocenters. The Hall–Kier alpha value is -1.85. The van der Waals surface area contributed by atoms with Gasteiger partial charge in [0.2, 0.25) is 0 Å². The number of benzene rings is 1. The van der Waals surface area contributed by atoms with Crippen molar-refractivity contribution in [3.8, 4) is 22.6 Å². The Kier molecular flexibility index (Phi) is 2.97. The van der Waals surface area contributed by atoms with Crippen LogP contribution in [0.15, 0.2) is 24.5 Å². The van der Waals surface area contributed by atoms with Gasteiger partial charge < -0.3 is 9.47 Å². The van der Waals surface area contributed by atoms with E-state index in [9.17, 15) is 0 Å². The Labute approximate surface area is 130 Å². The first kappa shape index (κ1) is 12.9. The number of rotatable bonds is 1. The lowest BCUT2D eigenvalue weighted by molar-refractivity contribution is 0.171. The van der Waals surface area contributed by atoms with Crippen molar-refractivity contribution in [3.05, 3.63) is 34.6 Å². The first-order chi connectivity index (χ1) is 10.2. The Balaban J connectivity index is 1.94. The van der Waals surface area contributed by atoms with Crippen molar-refractivity contribution >= 4 is 33.2 Å². The van der Waals surface area contributed by atoms with Crippen LogP contribution < -0.4 is 9.47 Å². The van der Waals surface area contributed by atoms with Crippen LogP contribution in [0, 0.1) is 6.92 Å².